The van der Waals surface area contributed by atoms with Crippen LogP contribution in [0.2, 0.25) is 0 Å². The SMILES string of the molecule is CCCn1ncc(C)c1N1CC(S(=O)(=O)Cl)CC1=O. The number of nitrogens with zero attached hydrogens (tertiary/aromatic N) is 3. The van der Waals surface area contributed by atoms with E-state index in [0.717, 1.165) is 12.0 Å². The zero-order chi connectivity index (χ0) is 14.2. The van der Waals surface area contributed by atoms with Gasteiger partial charge in [-0.25, -0.2) is 13.1 Å². The van der Waals surface area contributed by atoms with Crippen molar-refractivity contribution in [1.29, 1.82) is 0 Å². The Balaban J connectivity index is 2.33. The fraction of sp³-hybridized carbons (Fsp3) is 0.636. The molecule has 1 amide bonds. The highest BCUT2D eigenvalue weighted by Gasteiger charge is 2.39. The molecule has 8 heteroatoms. The fourth-order valence-electron chi connectivity index (χ4n) is 2.27. The maximum Gasteiger partial charge on any atom is 0.237 e. The summed E-state index contributed by atoms with van der Waals surface area (Å²) in [7, 11) is 1.63. The minimum absolute atomic E-state index is 0.0669. The highest BCUT2D eigenvalue weighted by Crippen LogP contribution is 2.29. The van der Waals surface area contributed by atoms with E-state index in [1.54, 1.807) is 10.9 Å². The summed E-state index contributed by atoms with van der Waals surface area (Å²) < 4.78 is 24.4. The minimum Gasteiger partial charge on any atom is -0.295 e. The quantitative estimate of drug-likeness (QED) is 0.785. The Bertz CT molecular complexity index is 596. The summed E-state index contributed by atoms with van der Waals surface area (Å²) in [6, 6.07) is 0. The standard InChI is InChI=1S/C11H16ClN3O3S/c1-3-4-15-11(8(2)6-13-15)14-7-9(5-10(14)16)19(12,17)18/h6,9H,3-5,7H2,1-2H3. The summed E-state index contributed by atoms with van der Waals surface area (Å²) in [5, 5.41) is 3.37. The molecule has 1 aliphatic rings. The fourth-order valence-corrected chi connectivity index (χ4v) is 3.29. The molecule has 19 heavy (non-hydrogen) atoms. The van der Waals surface area contributed by atoms with Gasteiger partial charge < -0.3 is 0 Å². The summed E-state index contributed by atoms with van der Waals surface area (Å²) in [5.74, 6) is 0.449. The van der Waals surface area contributed by atoms with Crippen molar-refractivity contribution in [3.8, 4) is 0 Å². The van der Waals surface area contributed by atoms with Crippen LogP contribution in [0.1, 0.15) is 25.3 Å². The molecule has 106 valence electrons. The number of halogens is 1. The largest absolute Gasteiger partial charge is 0.295 e. The van der Waals surface area contributed by atoms with E-state index in [4.69, 9.17) is 10.7 Å². The second-order valence-electron chi connectivity index (χ2n) is 4.68. The Morgan fingerprint density at radius 3 is 2.74 bits per heavy atom. The van der Waals surface area contributed by atoms with Crippen molar-refractivity contribution in [1.82, 2.24) is 9.78 Å². The average Bonchev–Trinajstić information content (AvgIpc) is 2.83. The summed E-state index contributed by atoms with van der Waals surface area (Å²) in [6.45, 7) is 4.65. The van der Waals surface area contributed by atoms with Gasteiger partial charge in [0.2, 0.25) is 15.0 Å². The van der Waals surface area contributed by atoms with Gasteiger partial charge in [-0.1, -0.05) is 6.92 Å². The molecule has 1 aliphatic heterocycles. The van der Waals surface area contributed by atoms with Gasteiger partial charge in [-0.15, -0.1) is 0 Å². The van der Waals surface area contributed by atoms with Crippen molar-refractivity contribution in [2.24, 2.45) is 0 Å². The van der Waals surface area contributed by atoms with Gasteiger partial charge in [0.05, 0.1) is 6.20 Å². The molecule has 1 saturated heterocycles. The van der Waals surface area contributed by atoms with E-state index < -0.39 is 14.3 Å². The second kappa shape index (κ2) is 5.13. The van der Waals surface area contributed by atoms with E-state index in [2.05, 4.69) is 5.10 Å². The van der Waals surface area contributed by atoms with Gasteiger partial charge in [-0.2, -0.15) is 5.10 Å². The molecule has 2 rings (SSSR count). The van der Waals surface area contributed by atoms with Gasteiger partial charge in [0.15, 0.2) is 0 Å². The first kappa shape index (κ1) is 14.3. The lowest BCUT2D eigenvalue weighted by Gasteiger charge is -2.18. The molecule has 1 atom stereocenters. The Morgan fingerprint density at radius 2 is 2.21 bits per heavy atom. The van der Waals surface area contributed by atoms with Crippen LogP contribution >= 0.6 is 10.7 Å². The maximum absolute atomic E-state index is 12.0. The van der Waals surface area contributed by atoms with Crippen molar-refractivity contribution >= 4 is 31.5 Å². The molecule has 0 saturated carbocycles. The lowest BCUT2D eigenvalue weighted by Crippen LogP contribution is -2.29. The Labute approximate surface area is 116 Å². The number of amides is 1. The van der Waals surface area contributed by atoms with Gasteiger partial charge in [0, 0.05) is 35.8 Å². The lowest BCUT2D eigenvalue weighted by atomic mass is 10.3. The van der Waals surface area contributed by atoms with Crippen LogP contribution in [0.5, 0.6) is 0 Å². The molecule has 0 radical (unpaired) electrons. The maximum atomic E-state index is 12.0. The number of hydrogen-bond donors (Lipinski definition) is 0. The monoisotopic (exact) mass is 305 g/mol. The molecule has 1 fully saturated rings. The van der Waals surface area contributed by atoms with Crippen LogP contribution < -0.4 is 4.90 Å². The van der Waals surface area contributed by atoms with E-state index in [1.807, 2.05) is 13.8 Å². The topological polar surface area (TPSA) is 72.3 Å². The predicted octanol–water partition coefficient (Wildman–Crippen LogP) is 1.28. The van der Waals surface area contributed by atoms with Crippen molar-refractivity contribution in [3.63, 3.8) is 0 Å². The predicted molar refractivity (Wildman–Crippen MR) is 72.8 cm³/mol. The molecule has 0 bridgehead atoms. The number of anilines is 1. The Morgan fingerprint density at radius 1 is 1.53 bits per heavy atom. The van der Waals surface area contributed by atoms with Gasteiger partial charge in [0.1, 0.15) is 11.1 Å². The second-order valence-corrected chi connectivity index (χ2v) is 7.59. The van der Waals surface area contributed by atoms with E-state index in [0.29, 0.717) is 12.4 Å². The van der Waals surface area contributed by atoms with Crippen molar-refractivity contribution in [3.05, 3.63) is 11.8 Å². The minimum atomic E-state index is -3.72. The Hall–Kier alpha value is -1.08. The molecule has 2 heterocycles. The molecule has 6 nitrogen and oxygen atoms in total. The summed E-state index contributed by atoms with van der Waals surface area (Å²) in [4.78, 5) is 13.5. The van der Waals surface area contributed by atoms with E-state index >= 15 is 0 Å². The van der Waals surface area contributed by atoms with Crippen molar-refractivity contribution in [2.75, 3.05) is 11.4 Å². The third-order valence-electron chi connectivity index (χ3n) is 3.17. The normalized spacial score (nSPS) is 20.3. The molecular formula is C11H16ClN3O3S. The van der Waals surface area contributed by atoms with Crippen LogP contribution in [0.15, 0.2) is 6.20 Å². The number of aromatic nitrogens is 2. The third-order valence-corrected chi connectivity index (χ3v) is 5.03. The molecule has 0 aromatic carbocycles. The highest BCUT2D eigenvalue weighted by atomic mass is 35.7. The lowest BCUT2D eigenvalue weighted by molar-refractivity contribution is -0.117. The van der Waals surface area contributed by atoms with Crippen molar-refractivity contribution < 1.29 is 13.2 Å². The number of carbonyl (C=O) groups is 1. The molecule has 0 aliphatic carbocycles. The zero-order valence-electron chi connectivity index (χ0n) is 10.8. The highest BCUT2D eigenvalue weighted by molar-refractivity contribution is 8.14. The van der Waals surface area contributed by atoms with Gasteiger partial charge in [0.25, 0.3) is 0 Å². The number of hydrogen-bond acceptors (Lipinski definition) is 4. The van der Waals surface area contributed by atoms with E-state index in [1.165, 1.54) is 4.90 Å². The summed E-state index contributed by atoms with van der Waals surface area (Å²) in [6.07, 6.45) is 2.50. The van der Waals surface area contributed by atoms with Crippen LogP contribution in [0.25, 0.3) is 0 Å². The average molecular weight is 306 g/mol. The first-order valence-electron chi connectivity index (χ1n) is 6.10. The van der Waals surface area contributed by atoms with Crippen LogP contribution in [0, 0.1) is 6.92 Å². The van der Waals surface area contributed by atoms with Gasteiger partial charge >= 0.3 is 0 Å². The van der Waals surface area contributed by atoms with Gasteiger partial charge in [-0.05, 0) is 13.3 Å². The first-order chi connectivity index (χ1) is 8.84. The summed E-state index contributed by atoms with van der Waals surface area (Å²) >= 11 is 0. The molecule has 1 unspecified atom stereocenters. The summed E-state index contributed by atoms with van der Waals surface area (Å²) in [5.41, 5.74) is 0.856. The van der Waals surface area contributed by atoms with Gasteiger partial charge in [-0.3, -0.25) is 9.69 Å². The third kappa shape index (κ3) is 2.76. The van der Waals surface area contributed by atoms with E-state index in [-0.39, 0.29) is 18.9 Å². The Kier molecular flexibility index (Phi) is 3.87. The molecule has 0 spiro atoms. The van der Waals surface area contributed by atoms with Crippen LogP contribution in [0.3, 0.4) is 0 Å². The van der Waals surface area contributed by atoms with Crippen LogP contribution in [0.4, 0.5) is 5.82 Å². The molecule has 0 N–H and O–H groups in total. The van der Waals surface area contributed by atoms with Crippen molar-refractivity contribution in [2.45, 2.75) is 38.5 Å². The van der Waals surface area contributed by atoms with E-state index in [9.17, 15) is 13.2 Å². The molecule has 1 aromatic rings. The first-order valence-corrected chi connectivity index (χ1v) is 8.48. The van der Waals surface area contributed by atoms with Crippen LogP contribution in [-0.4, -0.2) is 35.9 Å². The number of rotatable bonds is 4. The molecular weight excluding hydrogens is 290 g/mol. The smallest absolute Gasteiger partial charge is 0.237 e. The number of carbonyl (C=O) groups excluding carboxylic acids is 1. The zero-order valence-corrected chi connectivity index (χ0v) is 12.4. The number of aryl methyl sites for hydroxylation is 2. The van der Waals surface area contributed by atoms with Crippen LogP contribution in [-0.2, 0) is 20.4 Å². The molecule has 1 aromatic heterocycles.